The molecule has 1 heterocycles. The number of thioether (sulfide) groups is 1. The molecule has 0 spiro atoms. The third-order valence-electron chi connectivity index (χ3n) is 1.88. The van der Waals surface area contributed by atoms with Crippen molar-refractivity contribution in [2.24, 2.45) is 5.92 Å². The molecule has 2 N–H and O–H groups in total. The lowest BCUT2D eigenvalue weighted by atomic mass is 10.2. The van der Waals surface area contributed by atoms with Gasteiger partial charge in [-0.1, -0.05) is 32.5 Å². The molecule has 0 aliphatic rings. The highest BCUT2D eigenvalue weighted by Crippen LogP contribution is 2.24. The first kappa shape index (κ1) is 10.3. The zero-order valence-corrected chi connectivity index (χ0v) is 9.01. The molecule has 3 nitrogen and oxygen atoms in total. The molecule has 13 heavy (non-hydrogen) atoms. The Hall–Kier alpha value is -0.770. The normalized spacial score (nSPS) is 13.2. The van der Waals surface area contributed by atoms with E-state index in [1.54, 1.807) is 24.2 Å². The third-order valence-corrected chi connectivity index (χ3v) is 3.22. The lowest BCUT2D eigenvalue weighted by Gasteiger charge is -2.12. The molecule has 1 rings (SSSR count). The molecule has 1 aromatic heterocycles. The van der Waals surface area contributed by atoms with Gasteiger partial charge in [-0.2, -0.15) is 0 Å². The van der Waals surface area contributed by atoms with Gasteiger partial charge in [0.15, 0.2) is 5.16 Å². The maximum atomic E-state index is 5.48. The first-order valence-corrected chi connectivity index (χ1v) is 5.21. The van der Waals surface area contributed by atoms with Crippen LogP contribution in [0, 0.1) is 5.92 Å². The molecule has 0 saturated heterocycles. The van der Waals surface area contributed by atoms with Crippen molar-refractivity contribution in [2.45, 2.75) is 31.2 Å². The predicted molar refractivity (Wildman–Crippen MR) is 56.6 cm³/mol. The van der Waals surface area contributed by atoms with Crippen molar-refractivity contribution in [1.29, 1.82) is 0 Å². The predicted octanol–water partition coefficient (Wildman–Crippen LogP) is 2.20. The highest BCUT2D eigenvalue weighted by molar-refractivity contribution is 7.99. The van der Waals surface area contributed by atoms with Crippen molar-refractivity contribution in [2.75, 3.05) is 5.73 Å². The van der Waals surface area contributed by atoms with E-state index in [0.29, 0.717) is 16.9 Å². The minimum absolute atomic E-state index is 0.531. The summed E-state index contributed by atoms with van der Waals surface area (Å²) in [5.41, 5.74) is 6.10. The Morgan fingerprint density at radius 3 is 2.23 bits per heavy atom. The van der Waals surface area contributed by atoms with Crippen molar-refractivity contribution in [3.05, 3.63) is 12.4 Å². The highest BCUT2D eigenvalue weighted by atomic mass is 32.2. The molecule has 0 saturated carbocycles. The van der Waals surface area contributed by atoms with Crippen LogP contribution in [0.2, 0.25) is 0 Å². The fourth-order valence-corrected chi connectivity index (χ4v) is 1.52. The number of anilines is 1. The number of rotatable bonds is 3. The van der Waals surface area contributed by atoms with E-state index in [-0.39, 0.29) is 0 Å². The molecule has 0 fully saturated rings. The summed E-state index contributed by atoms with van der Waals surface area (Å²) in [7, 11) is 0. The molecule has 0 radical (unpaired) electrons. The van der Waals surface area contributed by atoms with Crippen LogP contribution in [-0.2, 0) is 0 Å². The van der Waals surface area contributed by atoms with Gasteiger partial charge in [-0.05, 0) is 5.92 Å². The second-order valence-corrected chi connectivity index (χ2v) is 4.71. The number of hydrogen-bond donors (Lipinski definition) is 1. The second kappa shape index (κ2) is 4.46. The molecular formula is C9H15N3S. The number of hydrogen-bond acceptors (Lipinski definition) is 4. The molecule has 1 aromatic rings. The standard InChI is InChI=1S/C9H15N3S/c1-6(2)7(3)13-9-11-4-8(10)5-12-9/h4-7H,10H2,1-3H3. The van der Waals surface area contributed by atoms with Crippen molar-refractivity contribution in [3.8, 4) is 0 Å². The maximum absolute atomic E-state index is 5.48. The van der Waals surface area contributed by atoms with Crippen LogP contribution in [0.15, 0.2) is 17.6 Å². The van der Waals surface area contributed by atoms with Crippen molar-refractivity contribution in [3.63, 3.8) is 0 Å². The minimum Gasteiger partial charge on any atom is -0.396 e. The number of nitrogens with zero attached hydrogens (tertiary/aromatic N) is 2. The molecule has 1 unspecified atom stereocenters. The van der Waals surface area contributed by atoms with Gasteiger partial charge in [0.1, 0.15) is 0 Å². The minimum atomic E-state index is 0.531. The Kier molecular flexibility index (Phi) is 3.54. The summed E-state index contributed by atoms with van der Waals surface area (Å²) in [6, 6.07) is 0. The van der Waals surface area contributed by atoms with Crippen molar-refractivity contribution < 1.29 is 0 Å². The van der Waals surface area contributed by atoms with Gasteiger partial charge < -0.3 is 5.73 Å². The van der Waals surface area contributed by atoms with Gasteiger partial charge in [-0.25, -0.2) is 9.97 Å². The lowest BCUT2D eigenvalue weighted by Crippen LogP contribution is -2.06. The van der Waals surface area contributed by atoms with E-state index >= 15 is 0 Å². The zero-order chi connectivity index (χ0) is 9.84. The Morgan fingerprint density at radius 2 is 1.77 bits per heavy atom. The van der Waals surface area contributed by atoms with Crippen LogP contribution in [0.3, 0.4) is 0 Å². The Balaban J connectivity index is 2.59. The molecule has 1 atom stereocenters. The number of aromatic nitrogens is 2. The molecule has 72 valence electrons. The number of nitrogen functional groups attached to an aromatic ring is 1. The van der Waals surface area contributed by atoms with E-state index in [9.17, 15) is 0 Å². The summed E-state index contributed by atoms with van der Waals surface area (Å²) < 4.78 is 0. The molecule has 0 bridgehead atoms. The van der Waals surface area contributed by atoms with Crippen LogP contribution in [0.1, 0.15) is 20.8 Å². The van der Waals surface area contributed by atoms with Gasteiger partial charge in [0.2, 0.25) is 0 Å². The van der Waals surface area contributed by atoms with E-state index in [4.69, 9.17) is 5.73 Å². The van der Waals surface area contributed by atoms with Gasteiger partial charge in [0.05, 0.1) is 18.1 Å². The smallest absolute Gasteiger partial charge is 0.187 e. The van der Waals surface area contributed by atoms with Crippen LogP contribution in [0.5, 0.6) is 0 Å². The highest BCUT2D eigenvalue weighted by Gasteiger charge is 2.09. The summed E-state index contributed by atoms with van der Waals surface area (Å²) in [5.74, 6) is 0.631. The molecule has 0 aliphatic carbocycles. The molecule has 0 amide bonds. The SMILES string of the molecule is CC(C)C(C)Sc1ncc(N)cn1. The fourth-order valence-electron chi connectivity index (χ4n) is 0.689. The van der Waals surface area contributed by atoms with Crippen LogP contribution in [0.25, 0.3) is 0 Å². The van der Waals surface area contributed by atoms with Crippen LogP contribution in [0.4, 0.5) is 5.69 Å². The molecule has 4 heteroatoms. The Labute approximate surface area is 83.2 Å². The molecule has 0 aliphatic heterocycles. The summed E-state index contributed by atoms with van der Waals surface area (Å²) >= 11 is 1.68. The van der Waals surface area contributed by atoms with Gasteiger partial charge in [-0.3, -0.25) is 0 Å². The Bertz CT molecular complexity index is 258. The van der Waals surface area contributed by atoms with E-state index in [1.807, 2.05) is 0 Å². The average molecular weight is 197 g/mol. The van der Waals surface area contributed by atoms with E-state index < -0.39 is 0 Å². The number of nitrogens with two attached hydrogens (primary N) is 1. The zero-order valence-electron chi connectivity index (χ0n) is 8.19. The lowest BCUT2D eigenvalue weighted by molar-refractivity contribution is 0.640. The summed E-state index contributed by atoms with van der Waals surface area (Å²) in [5, 5.41) is 1.33. The quantitative estimate of drug-likeness (QED) is 0.596. The van der Waals surface area contributed by atoms with Crippen molar-refractivity contribution in [1.82, 2.24) is 9.97 Å². The van der Waals surface area contributed by atoms with Gasteiger partial charge in [-0.15, -0.1) is 0 Å². The average Bonchev–Trinajstić information content (AvgIpc) is 2.08. The largest absolute Gasteiger partial charge is 0.396 e. The van der Waals surface area contributed by atoms with E-state index in [0.717, 1.165) is 5.16 Å². The van der Waals surface area contributed by atoms with Crippen LogP contribution in [-0.4, -0.2) is 15.2 Å². The monoisotopic (exact) mass is 197 g/mol. The molecule has 0 aromatic carbocycles. The van der Waals surface area contributed by atoms with Gasteiger partial charge >= 0.3 is 0 Å². The topological polar surface area (TPSA) is 51.8 Å². The maximum Gasteiger partial charge on any atom is 0.187 e. The van der Waals surface area contributed by atoms with Gasteiger partial charge in [0, 0.05) is 5.25 Å². The van der Waals surface area contributed by atoms with E-state index in [2.05, 4.69) is 30.7 Å². The summed E-state index contributed by atoms with van der Waals surface area (Å²) in [6.45, 7) is 6.55. The van der Waals surface area contributed by atoms with E-state index in [1.165, 1.54) is 0 Å². The molecular weight excluding hydrogens is 182 g/mol. The first-order chi connectivity index (χ1) is 6.09. The van der Waals surface area contributed by atoms with Crippen LogP contribution < -0.4 is 5.73 Å². The van der Waals surface area contributed by atoms with Gasteiger partial charge in [0.25, 0.3) is 0 Å². The van der Waals surface area contributed by atoms with Crippen molar-refractivity contribution >= 4 is 17.4 Å². The fraction of sp³-hybridized carbons (Fsp3) is 0.556. The summed E-state index contributed by atoms with van der Waals surface area (Å²) in [6.07, 6.45) is 3.28. The first-order valence-electron chi connectivity index (χ1n) is 4.33. The van der Waals surface area contributed by atoms with Crippen LogP contribution >= 0.6 is 11.8 Å². The third kappa shape index (κ3) is 3.22. The Morgan fingerprint density at radius 1 is 1.23 bits per heavy atom. The summed E-state index contributed by atoms with van der Waals surface area (Å²) in [4.78, 5) is 8.25. The second-order valence-electron chi connectivity index (χ2n) is 3.37.